The van der Waals surface area contributed by atoms with Gasteiger partial charge in [0.1, 0.15) is 17.7 Å². The molecule has 0 bridgehead atoms. The molecule has 2 aromatic heterocycles. The number of aromatic nitrogens is 2. The number of oxazole rings is 1. The summed E-state index contributed by atoms with van der Waals surface area (Å²) in [6, 6.07) is 3.23. The third-order valence-electron chi connectivity index (χ3n) is 3.59. The van der Waals surface area contributed by atoms with Crippen LogP contribution in [0.5, 0.6) is 0 Å². The van der Waals surface area contributed by atoms with Gasteiger partial charge in [0.25, 0.3) is 0 Å². The van der Waals surface area contributed by atoms with Gasteiger partial charge in [-0.25, -0.2) is 19.6 Å². The van der Waals surface area contributed by atoms with Gasteiger partial charge in [-0.15, -0.1) is 0 Å². The third-order valence-corrected chi connectivity index (χ3v) is 3.59. The minimum absolute atomic E-state index is 0.129. The second-order valence-corrected chi connectivity index (χ2v) is 7.08. The smallest absolute Gasteiger partial charge is 0.416 e. The van der Waals surface area contributed by atoms with Gasteiger partial charge in [0.15, 0.2) is 5.69 Å². The largest absolute Gasteiger partial charge is 0.476 e. The molecule has 0 spiro atoms. The van der Waals surface area contributed by atoms with Crippen molar-refractivity contribution in [3.05, 3.63) is 30.3 Å². The number of amides is 1. The lowest BCUT2D eigenvalue weighted by atomic mass is 10.2. The molecule has 1 N–H and O–H groups in total. The van der Waals surface area contributed by atoms with E-state index in [1.54, 1.807) is 40.0 Å². The predicted molar refractivity (Wildman–Crippen MR) is 101 cm³/mol. The van der Waals surface area contributed by atoms with Crippen LogP contribution < -0.4 is 4.90 Å². The molecule has 0 aromatic carbocycles. The lowest BCUT2D eigenvalue weighted by Crippen LogP contribution is -2.38. The van der Waals surface area contributed by atoms with Crippen LogP contribution >= 0.6 is 0 Å². The van der Waals surface area contributed by atoms with E-state index < -0.39 is 17.7 Å². The lowest BCUT2D eigenvalue weighted by Gasteiger charge is -2.27. The Labute approximate surface area is 163 Å². The normalized spacial score (nSPS) is 11.3. The summed E-state index contributed by atoms with van der Waals surface area (Å²) in [7, 11) is 1.62. The number of anilines is 1. The molecule has 0 aliphatic carbocycles. The van der Waals surface area contributed by atoms with Crippen molar-refractivity contribution in [3.8, 4) is 11.5 Å². The van der Waals surface area contributed by atoms with Crippen LogP contribution in [0.3, 0.4) is 0 Å². The summed E-state index contributed by atoms with van der Waals surface area (Å²) in [5, 5.41) is 9.00. The quantitative estimate of drug-likeness (QED) is 0.679. The van der Waals surface area contributed by atoms with Crippen LogP contribution in [0.1, 0.15) is 44.1 Å². The van der Waals surface area contributed by atoms with E-state index >= 15 is 0 Å². The number of methoxy groups -OCH3 is 1. The molecule has 0 saturated heterocycles. The Morgan fingerprint density at radius 3 is 2.64 bits per heavy atom. The maximum Gasteiger partial charge on any atom is 0.416 e. The Kier molecular flexibility index (Phi) is 7.11. The SMILES string of the molecule is COCCCCN(C(=O)OC(C)(C)C)c1cc(-c2nc(C(=O)O)co2)ccn1. The summed E-state index contributed by atoms with van der Waals surface area (Å²) in [5.41, 5.74) is -0.349. The summed E-state index contributed by atoms with van der Waals surface area (Å²) in [4.78, 5) is 33.3. The minimum atomic E-state index is -1.18. The monoisotopic (exact) mass is 391 g/mol. The number of pyridine rings is 1. The van der Waals surface area contributed by atoms with Gasteiger partial charge in [-0.1, -0.05) is 0 Å². The van der Waals surface area contributed by atoms with E-state index in [1.165, 1.54) is 11.1 Å². The number of nitrogens with zero attached hydrogens (tertiary/aromatic N) is 3. The molecule has 0 atom stereocenters. The molecule has 0 radical (unpaired) electrons. The van der Waals surface area contributed by atoms with Gasteiger partial charge in [0.05, 0.1) is 0 Å². The zero-order valence-corrected chi connectivity index (χ0v) is 16.5. The van der Waals surface area contributed by atoms with E-state index in [0.29, 0.717) is 31.0 Å². The molecule has 2 aromatic rings. The van der Waals surface area contributed by atoms with E-state index in [4.69, 9.17) is 19.0 Å². The number of carbonyl (C=O) groups is 2. The fraction of sp³-hybridized carbons (Fsp3) is 0.474. The Hall–Kier alpha value is -2.94. The highest BCUT2D eigenvalue weighted by Crippen LogP contribution is 2.24. The van der Waals surface area contributed by atoms with Gasteiger partial charge in [-0.3, -0.25) is 4.90 Å². The number of ether oxygens (including phenoxy) is 2. The van der Waals surface area contributed by atoms with Crippen molar-refractivity contribution in [2.75, 3.05) is 25.2 Å². The Bertz CT molecular complexity index is 812. The average Bonchev–Trinajstić information content (AvgIpc) is 3.11. The van der Waals surface area contributed by atoms with E-state index in [-0.39, 0.29) is 11.6 Å². The second-order valence-electron chi connectivity index (χ2n) is 7.08. The molecule has 152 valence electrons. The Morgan fingerprint density at radius 2 is 2.04 bits per heavy atom. The van der Waals surface area contributed by atoms with Crippen LogP contribution in [0.4, 0.5) is 10.6 Å². The summed E-state index contributed by atoms with van der Waals surface area (Å²) in [6.07, 6.45) is 3.52. The molecule has 9 nitrogen and oxygen atoms in total. The van der Waals surface area contributed by atoms with Crippen LogP contribution in [0, 0.1) is 0 Å². The fourth-order valence-corrected chi connectivity index (χ4v) is 2.34. The Morgan fingerprint density at radius 1 is 1.29 bits per heavy atom. The minimum Gasteiger partial charge on any atom is -0.476 e. The van der Waals surface area contributed by atoms with Crippen LogP contribution in [0.2, 0.25) is 0 Å². The Balaban J connectivity index is 2.27. The highest BCUT2D eigenvalue weighted by atomic mass is 16.6. The van der Waals surface area contributed by atoms with Crippen molar-refractivity contribution >= 4 is 17.9 Å². The maximum absolute atomic E-state index is 12.7. The second kappa shape index (κ2) is 9.32. The molecule has 1 amide bonds. The first-order valence-corrected chi connectivity index (χ1v) is 8.86. The lowest BCUT2D eigenvalue weighted by molar-refractivity contribution is 0.0576. The van der Waals surface area contributed by atoms with E-state index in [9.17, 15) is 9.59 Å². The zero-order chi connectivity index (χ0) is 20.7. The summed E-state index contributed by atoms with van der Waals surface area (Å²) >= 11 is 0. The first-order valence-electron chi connectivity index (χ1n) is 8.86. The number of carbonyl (C=O) groups excluding carboxylic acids is 1. The van der Waals surface area contributed by atoms with Crippen molar-refractivity contribution in [2.24, 2.45) is 0 Å². The highest BCUT2D eigenvalue weighted by molar-refractivity contribution is 5.88. The van der Waals surface area contributed by atoms with Crippen molar-refractivity contribution in [3.63, 3.8) is 0 Å². The van der Waals surface area contributed by atoms with Gasteiger partial charge in [0, 0.05) is 32.0 Å². The molecular weight excluding hydrogens is 366 g/mol. The number of hydrogen-bond donors (Lipinski definition) is 1. The number of hydrogen-bond acceptors (Lipinski definition) is 7. The number of carboxylic acid groups (broad SMARTS) is 1. The fourth-order valence-electron chi connectivity index (χ4n) is 2.34. The molecule has 2 heterocycles. The van der Waals surface area contributed by atoms with Gasteiger partial charge in [0.2, 0.25) is 5.89 Å². The van der Waals surface area contributed by atoms with Crippen LogP contribution in [-0.4, -0.2) is 53.0 Å². The van der Waals surface area contributed by atoms with Crippen LogP contribution in [0.25, 0.3) is 11.5 Å². The molecule has 0 unspecified atom stereocenters. The zero-order valence-electron chi connectivity index (χ0n) is 16.5. The van der Waals surface area contributed by atoms with Crippen LogP contribution in [0.15, 0.2) is 29.0 Å². The summed E-state index contributed by atoms with van der Waals surface area (Å²) < 4.78 is 15.8. The number of unbranched alkanes of at least 4 members (excludes halogenated alkanes) is 1. The van der Waals surface area contributed by atoms with Gasteiger partial charge >= 0.3 is 12.1 Å². The number of carboxylic acids is 1. The van der Waals surface area contributed by atoms with Gasteiger partial charge in [-0.2, -0.15) is 0 Å². The number of aromatic carboxylic acids is 1. The van der Waals surface area contributed by atoms with Crippen molar-refractivity contribution in [1.29, 1.82) is 0 Å². The molecule has 0 aliphatic rings. The predicted octanol–water partition coefficient (Wildman–Crippen LogP) is 3.60. The topological polar surface area (TPSA) is 115 Å². The molecule has 0 fully saturated rings. The van der Waals surface area contributed by atoms with Gasteiger partial charge in [-0.05, 0) is 45.7 Å². The van der Waals surface area contributed by atoms with Gasteiger partial charge < -0.3 is 19.0 Å². The first kappa shape index (κ1) is 21.4. The molecular formula is C19H25N3O6. The third kappa shape index (κ3) is 6.05. The molecule has 0 aliphatic heterocycles. The summed E-state index contributed by atoms with van der Waals surface area (Å²) in [5.74, 6) is -0.693. The summed E-state index contributed by atoms with van der Waals surface area (Å²) in [6.45, 7) is 6.35. The molecule has 2 rings (SSSR count). The van der Waals surface area contributed by atoms with E-state index in [1.807, 2.05) is 0 Å². The average molecular weight is 391 g/mol. The highest BCUT2D eigenvalue weighted by Gasteiger charge is 2.24. The van der Waals surface area contributed by atoms with E-state index in [0.717, 1.165) is 12.7 Å². The van der Waals surface area contributed by atoms with Crippen molar-refractivity contribution in [2.45, 2.75) is 39.2 Å². The van der Waals surface area contributed by atoms with Crippen molar-refractivity contribution < 1.29 is 28.6 Å². The maximum atomic E-state index is 12.7. The standard InChI is InChI=1S/C19H25N3O6/c1-19(2,3)28-18(25)22(9-5-6-10-26-4)15-11-13(7-8-20-15)16-21-14(12-27-16)17(23)24/h7-8,11-12H,5-6,9-10H2,1-4H3,(H,23,24). The van der Waals surface area contributed by atoms with Crippen molar-refractivity contribution in [1.82, 2.24) is 9.97 Å². The molecule has 0 saturated carbocycles. The number of rotatable bonds is 8. The first-order chi connectivity index (χ1) is 13.2. The molecule has 9 heteroatoms. The van der Waals surface area contributed by atoms with Crippen LogP contribution in [-0.2, 0) is 9.47 Å². The molecule has 28 heavy (non-hydrogen) atoms. The van der Waals surface area contributed by atoms with E-state index in [2.05, 4.69) is 9.97 Å².